The Morgan fingerprint density at radius 2 is 1.06 bits per heavy atom. The van der Waals surface area contributed by atoms with Gasteiger partial charge in [0.2, 0.25) is 5.43 Å². The molecule has 0 atom stereocenters. The van der Waals surface area contributed by atoms with Gasteiger partial charge in [0.25, 0.3) is 0 Å². The minimum Gasteiger partial charge on any atom is -0.456 e. The van der Waals surface area contributed by atoms with Crippen LogP contribution in [0.3, 0.4) is 0 Å². The maximum atomic E-state index is 13.6. The molecule has 0 amide bonds. The molecule has 0 radical (unpaired) electrons. The molecule has 3 nitrogen and oxygen atoms in total. The molecule has 0 fully saturated rings. The van der Waals surface area contributed by atoms with Crippen molar-refractivity contribution in [3.8, 4) is 22.3 Å². The van der Waals surface area contributed by atoms with Crippen LogP contribution in [0.2, 0.25) is 0 Å². The van der Waals surface area contributed by atoms with Gasteiger partial charge < -0.3 is 8.82 Å². The van der Waals surface area contributed by atoms with Gasteiger partial charge in [0, 0.05) is 41.7 Å². The fourth-order valence-corrected chi connectivity index (χ4v) is 9.01. The number of nitrogens with zero attached hydrogens (tertiary/aromatic N) is 1. The van der Waals surface area contributed by atoms with Crippen molar-refractivity contribution in [2.24, 2.45) is 0 Å². The molecule has 4 heteroatoms. The molecule has 0 N–H and O–H groups in total. The van der Waals surface area contributed by atoms with Gasteiger partial charge in [-0.3, -0.25) is 4.79 Å². The van der Waals surface area contributed by atoms with E-state index in [1.54, 1.807) is 11.3 Å². The molecule has 4 heterocycles. The lowest BCUT2D eigenvalue weighted by Gasteiger charge is -2.08. The summed E-state index contributed by atoms with van der Waals surface area (Å²) in [5.74, 6) is 0. The van der Waals surface area contributed by atoms with Crippen LogP contribution in [-0.2, 0) is 0 Å². The Morgan fingerprint density at radius 3 is 1.89 bits per heavy atom. The quantitative estimate of drug-likeness (QED) is 0.181. The van der Waals surface area contributed by atoms with Gasteiger partial charge >= 0.3 is 0 Å². The summed E-state index contributed by atoms with van der Waals surface area (Å²) in [6.07, 6.45) is 0. The van der Waals surface area contributed by atoms with E-state index in [-0.39, 0.29) is 5.43 Å². The van der Waals surface area contributed by atoms with E-state index in [0.29, 0.717) is 21.9 Å². The molecule has 0 saturated carbocycles. The van der Waals surface area contributed by atoms with Crippen LogP contribution in [0.4, 0.5) is 0 Å². The lowest BCUT2D eigenvalue weighted by molar-refractivity contribution is 0.660. The summed E-state index contributed by atoms with van der Waals surface area (Å²) < 4.78 is 11.0. The molecule has 4 aromatic heterocycles. The van der Waals surface area contributed by atoms with Crippen molar-refractivity contribution in [1.82, 2.24) is 4.40 Å². The van der Waals surface area contributed by atoms with Crippen LogP contribution in [-0.4, -0.2) is 4.40 Å². The zero-order valence-corrected chi connectivity index (χ0v) is 25.8. The molecule has 0 unspecified atom stereocenters. The summed E-state index contributed by atoms with van der Waals surface area (Å²) >= 11 is 1.80. The number of benzene rings is 7. The van der Waals surface area contributed by atoms with Crippen LogP contribution >= 0.6 is 11.3 Å². The standard InChI is InChI=1S/C43H23NO2S/c45-43-34-8-2-4-13-37(34)46-38-14-6-9-27(41(38)43)26-17-20-31-30-19-16-25(22-39(30)47-40(31)23-26)24-15-18-29-33-11-5-10-32-28-7-1-3-12-35(28)44(42(32)33)36(29)21-24/h1-23H. The van der Waals surface area contributed by atoms with E-state index in [0.717, 1.165) is 11.1 Å². The molecule has 11 rings (SSSR count). The van der Waals surface area contributed by atoms with Crippen LogP contribution in [0.5, 0.6) is 0 Å². The predicted molar refractivity (Wildman–Crippen MR) is 198 cm³/mol. The van der Waals surface area contributed by atoms with E-state index in [2.05, 4.69) is 101 Å². The molecule has 11 aromatic rings. The molecule has 0 aliphatic heterocycles. The Hall–Kier alpha value is -5.97. The Labute approximate surface area is 271 Å². The van der Waals surface area contributed by atoms with Crippen molar-refractivity contribution in [2.75, 3.05) is 0 Å². The predicted octanol–water partition coefficient (Wildman–Crippen LogP) is 11.8. The van der Waals surface area contributed by atoms with Crippen molar-refractivity contribution in [1.29, 1.82) is 0 Å². The van der Waals surface area contributed by atoms with Crippen LogP contribution < -0.4 is 5.43 Å². The summed E-state index contributed by atoms with van der Waals surface area (Å²) in [6.45, 7) is 0. The zero-order chi connectivity index (χ0) is 30.8. The maximum Gasteiger partial charge on any atom is 0.201 e. The average molecular weight is 618 g/mol. The van der Waals surface area contributed by atoms with E-state index < -0.39 is 0 Å². The third-order valence-electron chi connectivity index (χ3n) is 9.95. The first-order valence-electron chi connectivity index (χ1n) is 15.8. The first kappa shape index (κ1) is 25.2. The van der Waals surface area contributed by atoms with Gasteiger partial charge in [-0.2, -0.15) is 0 Å². The average Bonchev–Trinajstić information content (AvgIpc) is 3.77. The Balaban J connectivity index is 1.07. The lowest BCUT2D eigenvalue weighted by atomic mass is 9.98. The third kappa shape index (κ3) is 3.37. The summed E-state index contributed by atoms with van der Waals surface area (Å²) in [5.41, 5.74) is 9.33. The van der Waals surface area contributed by atoms with Gasteiger partial charge in [-0.25, -0.2) is 0 Å². The van der Waals surface area contributed by atoms with Crippen molar-refractivity contribution in [3.63, 3.8) is 0 Å². The summed E-state index contributed by atoms with van der Waals surface area (Å²) in [4.78, 5) is 13.6. The molecule has 0 bridgehead atoms. The summed E-state index contributed by atoms with van der Waals surface area (Å²) in [6, 6.07) is 49.0. The zero-order valence-electron chi connectivity index (χ0n) is 25.0. The molecular weight excluding hydrogens is 595 g/mol. The van der Waals surface area contributed by atoms with E-state index in [1.807, 2.05) is 42.5 Å². The minimum absolute atomic E-state index is 0.00427. The molecule has 7 aromatic carbocycles. The van der Waals surface area contributed by atoms with E-state index >= 15 is 0 Å². The number of para-hydroxylation sites is 3. The van der Waals surface area contributed by atoms with Crippen LogP contribution in [0, 0.1) is 0 Å². The topological polar surface area (TPSA) is 34.6 Å². The van der Waals surface area contributed by atoms with Gasteiger partial charge in [-0.15, -0.1) is 11.3 Å². The minimum atomic E-state index is 0.00427. The van der Waals surface area contributed by atoms with Crippen LogP contribution in [0.25, 0.3) is 102 Å². The highest BCUT2D eigenvalue weighted by molar-refractivity contribution is 7.25. The normalized spacial score (nSPS) is 12.3. The third-order valence-corrected chi connectivity index (χ3v) is 11.1. The SMILES string of the molecule is O=c1c2ccccc2oc2cccc(-c3ccc4c(c3)sc3cc(-c5ccc6c7cccc8c9ccccc9n(c6c5)c87)ccc34)c12. The van der Waals surface area contributed by atoms with Crippen molar-refractivity contribution >= 4 is 91.5 Å². The second kappa shape index (κ2) is 9.06. The maximum absolute atomic E-state index is 13.6. The van der Waals surface area contributed by atoms with Crippen LogP contribution in [0.1, 0.15) is 0 Å². The highest BCUT2D eigenvalue weighted by Crippen LogP contribution is 2.42. The fourth-order valence-electron chi connectivity index (χ4n) is 7.82. The molecule has 218 valence electrons. The molecule has 47 heavy (non-hydrogen) atoms. The highest BCUT2D eigenvalue weighted by atomic mass is 32.1. The second-order valence-electron chi connectivity index (χ2n) is 12.4. The molecular formula is C43H23NO2S. The van der Waals surface area contributed by atoms with Crippen LogP contribution in [0.15, 0.2) is 149 Å². The van der Waals surface area contributed by atoms with Gasteiger partial charge in [-0.1, -0.05) is 97.1 Å². The number of rotatable bonds is 2. The number of hydrogen-bond acceptors (Lipinski definition) is 3. The van der Waals surface area contributed by atoms with E-state index in [9.17, 15) is 4.79 Å². The number of hydrogen-bond donors (Lipinski definition) is 0. The second-order valence-corrected chi connectivity index (χ2v) is 13.5. The van der Waals surface area contributed by atoms with Crippen molar-refractivity contribution < 1.29 is 4.42 Å². The molecule has 0 spiro atoms. The van der Waals surface area contributed by atoms with Gasteiger partial charge in [0.05, 0.1) is 27.3 Å². The van der Waals surface area contributed by atoms with Gasteiger partial charge in [-0.05, 0) is 64.7 Å². The van der Waals surface area contributed by atoms with E-state index in [1.165, 1.54) is 69.4 Å². The smallest absolute Gasteiger partial charge is 0.201 e. The van der Waals surface area contributed by atoms with E-state index in [4.69, 9.17) is 4.42 Å². The molecule has 0 aliphatic carbocycles. The van der Waals surface area contributed by atoms with Gasteiger partial charge in [0.15, 0.2) is 0 Å². The lowest BCUT2D eigenvalue weighted by Crippen LogP contribution is -2.03. The summed E-state index contributed by atoms with van der Waals surface area (Å²) in [7, 11) is 0. The van der Waals surface area contributed by atoms with Crippen molar-refractivity contribution in [2.45, 2.75) is 0 Å². The molecule has 0 aliphatic rings. The first-order valence-corrected chi connectivity index (χ1v) is 16.6. The Morgan fingerprint density at radius 1 is 0.468 bits per heavy atom. The summed E-state index contributed by atoms with van der Waals surface area (Å²) in [5, 5.41) is 8.88. The number of aromatic nitrogens is 1. The Bertz CT molecular complexity index is 3160. The number of fused-ring (bicyclic) bond motifs is 11. The molecule has 0 saturated heterocycles. The van der Waals surface area contributed by atoms with Gasteiger partial charge in [0.1, 0.15) is 11.2 Å². The highest BCUT2D eigenvalue weighted by Gasteiger charge is 2.18. The first-order chi connectivity index (χ1) is 23.2. The fraction of sp³-hybridized carbons (Fsp3) is 0. The largest absolute Gasteiger partial charge is 0.456 e. The monoisotopic (exact) mass is 617 g/mol. The number of thiophene rings is 1. The van der Waals surface area contributed by atoms with Crippen molar-refractivity contribution in [3.05, 3.63) is 150 Å². The Kier molecular flexibility index (Phi) is 4.87.